The zero-order valence-electron chi connectivity index (χ0n) is 17.5. The molecule has 1 heterocycles. The lowest BCUT2D eigenvalue weighted by molar-refractivity contribution is -0.140. The van der Waals surface area contributed by atoms with Gasteiger partial charge in [0.2, 0.25) is 0 Å². The number of aryl methyl sites for hydroxylation is 2. The lowest BCUT2D eigenvalue weighted by Gasteiger charge is -2.61. The number of aromatic nitrogens is 4. The first-order chi connectivity index (χ1) is 14.4. The number of tetrazole rings is 1. The zero-order valence-corrected chi connectivity index (χ0v) is 17.5. The van der Waals surface area contributed by atoms with Gasteiger partial charge in [0, 0.05) is 5.54 Å². The van der Waals surface area contributed by atoms with Crippen molar-refractivity contribution in [3.05, 3.63) is 35.7 Å². The van der Waals surface area contributed by atoms with Gasteiger partial charge in [0.05, 0.1) is 5.54 Å². The van der Waals surface area contributed by atoms with Gasteiger partial charge in [-0.3, -0.25) is 4.79 Å². The first-order valence-electron chi connectivity index (χ1n) is 10.8. The monoisotopic (exact) mass is 411 g/mol. The standard InChI is InChI=1S/C22H29N5O3/c1-14-5-3-4-6-19(14)30-12-18(28)20(29)23-21-8-16-7-17(9-21)11-22(10-16,13-21)27-25-15(2)24-26-27/h3-6,16-18,28H,7-13H2,1-2H3,(H,23,29). The molecule has 4 saturated carbocycles. The quantitative estimate of drug-likeness (QED) is 0.753. The smallest absolute Gasteiger partial charge is 0.252 e. The van der Waals surface area contributed by atoms with Gasteiger partial charge < -0.3 is 15.2 Å². The fourth-order valence-electron chi connectivity index (χ4n) is 6.39. The second-order valence-corrected chi connectivity index (χ2v) is 9.67. The second-order valence-electron chi connectivity index (χ2n) is 9.67. The number of hydrogen-bond acceptors (Lipinski definition) is 6. The predicted octanol–water partition coefficient (Wildman–Crippen LogP) is 1.89. The van der Waals surface area contributed by atoms with Gasteiger partial charge in [-0.1, -0.05) is 18.2 Å². The maximum atomic E-state index is 12.9. The number of rotatable bonds is 6. The number of amides is 1. The van der Waals surface area contributed by atoms with Crippen LogP contribution in [0.5, 0.6) is 5.75 Å². The van der Waals surface area contributed by atoms with E-state index in [1.54, 1.807) is 4.80 Å². The summed E-state index contributed by atoms with van der Waals surface area (Å²) >= 11 is 0. The van der Waals surface area contributed by atoms with E-state index in [0.717, 1.165) is 37.7 Å². The number of carbonyl (C=O) groups excluding carboxylic acids is 1. The van der Waals surface area contributed by atoms with Crippen LogP contribution in [0.4, 0.5) is 0 Å². The molecule has 1 aromatic carbocycles. The third-order valence-electron chi connectivity index (χ3n) is 7.15. The molecule has 1 amide bonds. The Morgan fingerprint density at radius 1 is 1.27 bits per heavy atom. The average Bonchev–Trinajstić information content (AvgIpc) is 3.13. The summed E-state index contributed by atoms with van der Waals surface area (Å²) in [5.41, 5.74) is 0.483. The maximum Gasteiger partial charge on any atom is 0.252 e. The van der Waals surface area contributed by atoms with Crippen molar-refractivity contribution >= 4 is 5.91 Å². The number of hydrogen-bond donors (Lipinski definition) is 2. The number of nitrogens with zero attached hydrogens (tertiary/aromatic N) is 4. The summed E-state index contributed by atoms with van der Waals surface area (Å²) in [4.78, 5) is 14.7. The highest BCUT2D eigenvalue weighted by Gasteiger charge is 2.60. The van der Waals surface area contributed by atoms with E-state index in [9.17, 15) is 9.90 Å². The molecule has 0 saturated heterocycles. The normalized spacial score (nSPS) is 32.8. The van der Waals surface area contributed by atoms with Crippen molar-refractivity contribution in [2.75, 3.05) is 6.61 Å². The largest absolute Gasteiger partial charge is 0.490 e. The van der Waals surface area contributed by atoms with Gasteiger partial charge in [-0.25, -0.2) is 0 Å². The number of ether oxygens (including phenoxy) is 1. The van der Waals surface area contributed by atoms with Crippen LogP contribution in [0.2, 0.25) is 0 Å². The van der Waals surface area contributed by atoms with Crippen LogP contribution in [-0.2, 0) is 10.3 Å². The lowest BCUT2D eigenvalue weighted by atomic mass is 9.50. The Morgan fingerprint density at radius 3 is 2.67 bits per heavy atom. The molecule has 30 heavy (non-hydrogen) atoms. The SMILES string of the molecule is Cc1nnn(C23CC4CC(CC(NC(=O)C(O)COc5ccccc5C)(C4)C2)C3)n1. The Labute approximate surface area is 176 Å². The van der Waals surface area contributed by atoms with Gasteiger partial charge in [-0.2, -0.15) is 4.80 Å². The van der Waals surface area contributed by atoms with E-state index in [1.807, 2.05) is 38.1 Å². The molecule has 4 bridgehead atoms. The van der Waals surface area contributed by atoms with Crippen LogP contribution in [0.3, 0.4) is 0 Å². The Kier molecular flexibility index (Phi) is 4.57. The minimum absolute atomic E-state index is 0.0609. The fourth-order valence-corrected chi connectivity index (χ4v) is 6.39. The lowest BCUT2D eigenvalue weighted by Crippen LogP contribution is -2.67. The third kappa shape index (κ3) is 3.37. The molecule has 160 valence electrons. The molecule has 4 aliphatic carbocycles. The molecule has 2 aromatic rings. The molecule has 4 fully saturated rings. The second kappa shape index (κ2) is 7.04. The molecule has 0 radical (unpaired) electrons. The zero-order chi connectivity index (χ0) is 20.9. The minimum atomic E-state index is -1.21. The van der Waals surface area contributed by atoms with E-state index in [2.05, 4.69) is 20.7 Å². The highest BCUT2D eigenvalue weighted by atomic mass is 16.5. The van der Waals surface area contributed by atoms with Crippen LogP contribution < -0.4 is 10.1 Å². The van der Waals surface area contributed by atoms with E-state index in [0.29, 0.717) is 23.4 Å². The van der Waals surface area contributed by atoms with Crippen molar-refractivity contribution in [3.63, 3.8) is 0 Å². The number of nitrogens with one attached hydrogen (secondary N) is 1. The van der Waals surface area contributed by atoms with E-state index in [4.69, 9.17) is 4.74 Å². The van der Waals surface area contributed by atoms with Crippen molar-refractivity contribution < 1.29 is 14.6 Å². The average molecular weight is 412 g/mol. The summed E-state index contributed by atoms with van der Waals surface area (Å²) in [7, 11) is 0. The molecule has 8 nitrogen and oxygen atoms in total. The topological polar surface area (TPSA) is 102 Å². The summed E-state index contributed by atoms with van der Waals surface area (Å²) in [5.74, 6) is 2.08. The van der Waals surface area contributed by atoms with Crippen LogP contribution in [0.1, 0.15) is 49.9 Å². The van der Waals surface area contributed by atoms with Crippen LogP contribution in [0, 0.1) is 25.7 Å². The van der Waals surface area contributed by atoms with Gasteiger partial charge in [-0.05, 0) is 81.1 Å². The van der Waals surface area contributed by atoms with Gasteiger partial charge in [0.1, 0.15) is 12.4 Å². The molecule has 8 heteroatoms. The minimum Gasteiger partial charge on any atom is -0.490 e. The van der Waals surface area contributed by atoms with Crippen molar-refractivity contribution in [1.82, 2.24) is 25.5 Å². The molecule has 3 atom stereocenters. The predicted molar refractivity (Wildman–Crippen MR) is 109 cm³/mol. The molecular weight excluding hydrogens is 382 g/mol. The number of carbonyl (C=O) groups is 1. The molecule has 4 aliphatic rings. The Bertz CT molecular complexity index is 944. The van der Waals surface area contributed by atoms with Gasteiger partial charge in [0.15, 0.2) is 11.9 Å². The highest BCUT2D eigenvalue weighted by molar-refractivity contribution is 5.81. The summed E-state index contributed by atoms with van der Waals surface area (Å²) < 4.78 is 5.69. The van der Waals surface area contributed by atoms with Crippen LogP contribution in [-0.4, -0.2) is 49.5 Å². The van der Waals surface area contributed by atoms with Gasteiger partial charge in [0.25, 0.3) is 5.91 Å². The van der Waals surface area contributed by atoms with Crippen LogP contribution >= 0.6 is 0 Å². The van der Waals surface area contributed by atoms with E-state index < -0.39 is 6.10 Å². The van der Waals surface area contributed by atoms with Crippen molar-refractivity contribution in [1.29, 1.82) is 0 Å². The van der Waals surface area contributed by atoms with E-state index >= 15 is 0 Å². The van der Waals surface area contributed by atoms with Crippen molar-refractivity contribution in [2.45, 2.75) is 69.6 Å². The molecular formula is C22H29N5O3. The summed E-state index contributed by atoms with van der Waals surface area (Å²) in [6, 6.07) is 7.59. The van der Waals surface area contributed by atoms with Crippen molar-refractivity contribution in [3.8, 4) is 5.75 Å². The van der Waals surface area contributed by atoms with Crippen molar-refractivity contribution in [2.24, 2.45) is 11.8 Å². The molecule has 2 N–H and O–H groups in total. The molecule has 0 spiro atoms. The highest BCUT2D eigenvalue weighted by Crippen LogP contribution is 2.60. The molecule has 6 rings (SSSR count). The maximum absolute atomic E-state index is 12.9. The Morgan fingerprint density at radius 2 is 2.00 bits per heavy atom. The summed E-state index contributed by atoms with van der Waals surface area (Å²) in [6.45, 7) is 3.73. The van der Waals surface area contributed by atoms with E-state index in [1.165, 1.54) is 6.42 Å². The summed E-state index contributed by atoms with van der Waals surface area (Å²) in [5, 5.41) is 26.6. The van der Waals surface area contributed by atoms with E-state index in [-0.39, 0.29) is 23.6 Å². The number of aliphatic hydroxyl groups is 1. The molecule has 1 aromatic heterocycles. The molecule has 0 aliphatic heterocycles. The van der Waals surface area contributed by atoms with Crippen LogP contribution in [0.25, 0.3) is 0 Å². The first-order valence-corrected chi connectivity index (χ1v) is 10.8. The Hall–Kier alpha value is -2.48. The van der Waals surface area contributed by atoms with Gasteiger partial charge in [-0.15, -0.1) is 10.2 Å². The number of aliphatic hydroxyl groups excluding tert-OH is 1. The summed E-state index contributed by atoms with van der Waals surface area (Å²) in [6.07, 6.45) is 4.77. The Balaban J connectivity index is 1.29. The number of para-hydroxylation sites is 1. The molecule has 3 unspecified atom stereocenters. The fraction of sp³-hybridized carbons (Fsp3) is 0.636. The van der Waals surface area contributed by atoms with Crippen LogP contribution in [0.15, 0.2) is 24.3 Å². The first kappa shape index (κ1) is 19.5. The number of benzene rings is 1. The third-order valence-corrected chi connectivity index (χ3v) is 7.15. The van der Waals surface area contributed by atoms with Gasteiger partial charge >= 0.3 is 0 Å².